The summed E-state index contributed by atoms with van der Waals surface area (Å²) < 4.78 is 11.5. The van der Waals surface area contributed by atoms with Crippen LogP contribution in [0.3, 0.4) is 0 Å². The molecule has 0 unspecified atom stereocenters. The predicted molar refractivity (Wildman–Crippen MR) is 153 cm³/mol. The van der Waals surface area contributed by atoms with E-state index in [-0.39, 0.29) is 23.8 Å². The SMILES string of the molecule is CN(C)[C@H]1Cc2cccc(c2)OCCCC[C@@H](C(=O)NC2CCCC2)NC(=O)[C@H](CCN2CCOCC2)NC1=O. The minimum absolute atomic E-state index is 0.139. The van der Waals surface area contributed by atoms with Crippen molar-refractivity contribution < 1.29 is 23.9 Å². The van der Waals surface area contributed by atoms with Crippen LogP contribution in [0.1, 0.15) is 56.9 Å². The fraction of sp³-hybridized carbons (Fsp3) is 0.700. The number of fused-ring (bicyclic) bond motifs is 2. The molecule has 2 bridgehead atoms. The first kappa shape index (κ1) is 30.3. The van der Waals surface area contributed by atoms with E-state index in [0.29, 0.717) is 45.6 Å². The van der Waals surface area contributed by atoms with E-state index in [0.717, 1.165) is 62.9 Å². The summed E-state index contributed by atoms with van der Waals surface area (Å²) in [6.07, 6.45) is 7.14. The molecule has 2 heterocycles. The van der Waals surface area contributed by atoms with Gasteiger partial charge in [-0.05, 0) is 76.7 Å². The van der Waals surface area contributed by atoms with Gasteiger partial charge in [-0.25, -0.2) is 0 Å². The van der Waals surface area contributed by atoms with Gasteiger partial charge in [0.25, 0.3) is 0 Å². The number of ether oxygens (including phenoxy) is 2. The molecule has 1 aliphatic carbocycles. The molecule has 10 heteroatoms. The normalized spacial score (nSPS) is 26.1. The Hall–Kier alpha value is -2.69. The monoisotopic (exact) mass is 557 g/mol. The zero-order valence-electron chi connectivity index (χ0n) is 24.2. The van der Waals surface area contributed by atoms with Crippen LogP contribution in [-0.4, -0.2) is 105 Å². The van der Waals surface area contributed by atoms with Gasteiger partial charge in [-0.1, -0.05) is 25.0 Å². The summed E-state index contributed by atoms with van der Waals surface area (Å²) in [5.74, 6) is 0.114. The number of morpholine rings is 1. The molecule has 1 saturated heterocycles. The van der Waals surface area contributed by atoms with E-state index in [1.54, 1.807) is 0 Å². The van der Waals surface area contributed by atoms with Crippen molar-refractivity contribution >= 4 is 17.7 Å². The lowest BCUT2D eigenvalue weighted by atomic mass is 10.0. The van der Waals surface area contributed by atoms with Crippen LogP contribution in [-0.2, 0) is 25.5 Å². The third-order valence-corrected chi connectivity index (χ3v) is 8.21. The molecule has 3 amide bonds. The van der Waals surface area contributed by atoms with Gasteiger partial charge in [-0.3, -0.25) is 24.2 Å². The van der Waals surface area contributed by atoms with Crippen molar-refractivity contribution in [2.45, 2.75) is 82.0 Å². The Kier molecular flexibility index (Phi) is 11.6. The molecular weight excluding hydrogens is 510 g/mol. The molecule has 1 aromatic carbocycles. The number of carbonyl (C=O) groups is 3. The molecule has 3 aliphatic rings. The second kappa shape index (κ2) is 15.3. The summed E-state index contributed by atoms with van der Waals surface area (Å²) in [5, 5.41) is 9.22. The van der Waals surface area contributed by atoms with Crippen LogP contribution in [0.4, 0.5) is 0 Å². The van der Waals surface area contributed by atoms with E-state index in [1.807, 2.05) is 43.3 Å². The quantitative estimate of drug-likeness (QED) is 0.486. The fourth-order valence-corrected chi connectivity index (χ4v) is 5.72. The lowest BCUT2D eigenvalue weighted by Gasteiger charge is -2.31. The number of likely N-dealkylation sites (N-methyl/N-ethyl adjacent to an activating group) is 1. The average Bonchev–Trinajstić information content (AvgIpc) is 3.46. The highest BCUT2D eigenvalue weighted by Gasteiger charge is 2.31. The van der Waals surface area contributed by atoms with Gasteiger partial charge in [0.1, 0.15) is 17.8 Å². The van der Waals surface area contributed by atoms with Crippen molar-refractivity contribution in [3.63, 3.8) is 0 Å². The summed E-state index contributed by atoms with van der Waals surface area (Å²) in [6, 6.07) is 6.14. The summed E-state index contributed by atoms with van der Waals surface area (Å²) in [7, 11) is 3.74. The van der Waals surface area contributed by atoms with Crippen molar-refractivity contribution in [2.75, 3.05) is 53.6 Å². The van der Waals surface area contributed by atoms with Gasteiger partial charge in [0.2, 0.25) is 17.7 Å². The Morgan fingerprint density at radius 3 is 2.50 bits per heavy atom. The number of nitrogens with zero attached hydrogens (tertiary/aromatic N) is 2. The van der Waals surface area contributed by atoms with E-state index < -0.39 is 18.1 Å². The van der Waals surface area contributed by atoms with Gasteiger partial charge in [-0.2, -0.15) is 0 Å². The number of carbonyl (C=O) groups excluding carboxylic acids is 3. The Balaban J connectivity index is 1.54. The molecule has 3 atom stereocenters. The molecule has 4 rings (SSSR count). The third kappa shape index (κ3) is 9.17. The van der Waals surface area contributed by atoms with E-state index in [1.165, 1.54) is 0 Å². The van der Waals surface area contributed by atoms with Gasteiger partial charge in [-0.15, -0.1) is 0 Å². The van der Waals surface area contributed by atoms with E-state index >= 15 is 0 Å². The van der Waals surface area contributed by atoms with Gasteiger partial charge in [0.05, 0.1) is 25.9 Å². The highest BCUT2D eigenvalue weighted by atomic mass is 16.5. The summed E-state index contributed by atoms with van der Waals surface area (Å²) in [5.41, 5.74) is 0.997. The minimum atomic E-state index is -0.748. The lowest BCUT2D eigenvalue weighted by molar-refractivity contribution is -0.134. The molecule has 0 spiro atoms. The van der Waals surface area contributed by atoms with Crippen LogP contribution >= 0.6 is 0 Å². The molecule has 2 aliphatic heterocycles. The number of hydrogen-bond donors (Lipinski definition) is 3. The largest absolute Gasteiger partial charge is 0.494 e. The van der Waals surface area contributed by atoms with Gasteiger partial charge < -0.3 is 25.4 Å². The van der Waals surface area contributed by atoms with Crippen molar-refractivity contribution in [3.8, 4) is 5.75 Å². The second-order valence-corrected chi connectivity index (χ2v) is 11.5. The van der Waals surface area contributed by atoms with E-state index in [2.05, 4.69) is 20.9 Å². The Morgan fingerprint density at radius 2 is 1.75 bits per heavy atom. The van der Waals surface area contributed by atoms with Crippen molar-refractivity contribution in [1.82, 2.24) is 25.8 Å². The number of hydrogen-bond acceptors (Lipinski definition) is 7. The van der Waals surface area contributed by atoms with Crippen molar-refractivity contribution in [1.29, 1.82) is 0 Å². The Morgan fingerprint density at radius 1 is 1.00 bits per heavy atom. The molecule has 222 valence electrons. The van der Waals surface area contributed by atoms with Crippen LogP contribution < -0.4 is 20.7 Å². The first-order chi connectivity index (χ1) is 19.4. The zero-order valence-corrected chi connectivity index (χ0v) is 24.2. The van der Waals surface area contributed by atoms with Crippen molar-refractivity contribution in [3.05, 3.63) is 29.8 Å². The molecular formula is C30H47N5O5. The Bertz CT molecular complexity index is 977. The summed E-state index contributed by atoms with van der Waals surface area (Å²) in [4.78, 5) is 44.8. The summed E-state index contributed by atoms with van der Waals surface area (Å²) in [6.45, 7) is 4.11. The molecule has 3 N–H and O–H groups in total. The van der Waals surface area contributed by atoms with E-state index in [4.69, 9.17) is 9.47 Å². The average molecular weight is 558 g/mol. The van der Waals surface area contributed by atoms with Crippen LogP contribution in [0.5, 0.6) is 5.75 Å². The number of amides is 3. The molecule has 0 radical (unpaired) electrons. The van der Waals surface area contributed by atoms with Gasteiger partial charge in [0.15, 0.2) is 0 Å². The molecule has 0 aromatic heterocycles. The number of rotatable bonds is 6. The van der Waals surface area contributed by atoms with Crippen LogP contribution in [0.2, 0.25) is 0 Å². The number of benzene rings is 1. The maximum absolute atomic E-state index is 13.7. The highest BCUT2D eigenvalue weighted by Crippen LogP contribution is 2.19. The fourth-order valence-electron chi connectivity index (χ4n) is 5.72. The van der Waals surface area contributed by atoms with Crippen molar-refractivity contribution in [2.24, 2.45) is 0 Å². The first-order valence-electron chi connectivity index (χ1n) is 15.0. The maximum atomic E-state index is 13.7. The predicted octanol–water partition coefficient (Wildman–Crippen LogP) is 1.47. The molecule has 40 heavy (non-hydrogen) atoms. The topological polar surface area (TPSA) is 112 Å². The van der Waals surface area contributed by atoms with Gasteiger partial charge in [0, 0.05) is 25.7 Å². The molecule has 1 saturated carbocycles. The second-order valence-electron chi connectivity index (χ2n) is 11.5. The van der Waals surface area contributed by atoms with Crippen LogP contribution in [0.15, 0.2) is 24.3 Å². The van der Waals surface area contributed by atoms with Crippen LogP contribution in [0.25, 0.3) is 0 Å². The minimum Gasteiger partial charge on any atom is -0.494 e. The van der Waals surface area contributed by atoms with E-state index in [9.17, 15) is 14.4 Å². The lowest BCUT2D eigenvalue weighted by Crippen LogP contribution is -2.57. The van der Waals surface area contributed by atoms with Crippen LogP contribution in [0, 0.1) is 0 Å². The smallest absolute Gasteiger partial charge is 0.243 e. The first-order valence-corrected chi connectivity index (χ1v) is 15.0. The zero-order chi connectivity index (χ0) is 28.3. The summed E-state index contributed by atoms with van der Waals surface area (Å²) >= 11 is 0. The highest BCUT2D eigenvalue weighted by molar-refractivity contribution is 5.93. The molecule has 1 aromatic rings. The van der Waals surface area contributed by atoms with Gasteiger partial charge >= 0.3 is 0 Å². The maximum Gasteiger partial charge on any atom is 0.243 e. The molecule has 10 nitrogen and oxygen atoms in total. The Labute approximate surface area is 238 Å². The third-order valence-electron chi connectivity index (χ3n) is 8.21. The number of nitrogens with one attached hydrogen (secondary N) is 3. The standard InChI is InChI=1S/C30H47N5O5/c1-34(2)27-21-22-8-7-11-24(20-22)40-17-6-5-12-25(28(36)31-23-9-3-4-10-23)32-29(37)26(33-30(27)38)13-14-35-15-18-39-19-16-35/h7-8,11,20,23,25-27H,3-6,9-10,12-19,21H2,1-2H3,(H,31,36)(H,32,37)(H,33,38)/t25-,26-,27-/m0/s1. The molecule has 2 fully saturated rings.